The summed E-state index contributed by atoms with van der Waals surface area (Å²) in [7, 11) is 0. The summed E-state index contributed by atoms with van der Waals surface area (Å²) in [5, 5.41) is 3.85. The molecule has 4 nitrogen and oxygen atoms in total. The molecule has 0 radical (unpaired) electrons. The summed E-state index contributed by atoms with van der Waals surface area (Å²) >= 11 is 0. The van der Waals surface area contributed by atoms with Gasteiger partial charge in [-0.25, -0.2) is 0 Å². The molecule has 4 heteroatoms. The molecule has 1 aliphatic heterocycles. The lowest BCUT2D eigenvalue weighted by molar-refractivity contribution is 0.220. The topological polar surface area (TPSA) is 55.3 Å². The monoisotopic (exact) mass is 195 g/mol. The summed E-state index contributed by atoms with van der Waals surface area (Å²) in [5.74, 6) is 0.480. The number of rotatable bonds is 2. The van der Waals surface area contributed by atoms with E-state index in [9.17, 15) is 0 Å². The Morgan fingerprint density at radius 2 is 2.07 bits per heavy atom. The maximum Gasteiger partial charge on any atom is 0.226 e. The Hall–Kier alpha value is -1.03. The van der Waals surface area contributed by atoms with Gasteiger partial charge in [0.2, 0.25) is 5.88 Å². The van der Waals surface area contributed by atoms with Gasteiger partial charge in [0.1, 0.15) is 0 Å². The van der Waals surface area contributed by atoms with Crippen molar-refractivity contribution in [3.63, 3.8) is 0 Å². The van der Waals surface area contributed by atoms with Gasteiger partial charge in [-0.2, -0.15) is 0 Å². The van der Waals surface area contributed by atoms with E-state index in [-0.39, 0.29) is 0 Å². The number of aromatic nitrogens is 1. The molecule has 1 aromatic rings. The molecule has 0 unspecified atom stereocenters. The normalized spacial score (nSPS) is 18.6. The molecule has 1 saturated heterocycles. The van der Waals surface area contributed by atoms with Crippen LogP contribution in [0.4, 0.5) is 5.88 Å². The van der Waals surface area contributed by atoms with Crippen molar-refractivity contribution >= 4 is 5.88 Å². The van der Waals surface area contributed by atoms with Gasteiger partial charge in [0.05, 0.1) is 11.3 Å². The van der Waals surface area contributed by atoms with Gasteiger partial charge in [-0.1, -0.05) is 11.6 Å². The predicted octanol–water partition coefficient (Wildman–Crippen LogP) is 1.55. The molecular weight excluding hydrogens is 178 g/mol. The zero-order valence-electron chi connectivity index (χ0n) is 8.62. The lowest BCUT2D eigenvalue weighted by Crippen LogP contribution is -2.29. The number of piperidine rings is 1. The van der Waals surface area contributed by atoms with Gasteiger partial charge in [0, 0.05) is 6.54 Å². The SMILES string of the molecule is Cc1noc(N)c1CN1CCCCC1. The molecular formula is C10H17N3O. The Kier molecular flexibility index (Phi) is 2.72. The van der Waals surface area contributed by atoms with Crippen molar-refractivity contribution in [2.24, 2.45) is 0 Å². The Morgan fingerprint density at radius 1 is 1.36 bits per heavy atom. The first kappa shape index (κ1) is 9.52. The van der Waals surface area contributed by atoms with Crippen molar-refractivity contribution in [2.45, 2.75) is 32.7 Å². The van der Waals surface area contributed by atoms with Gasteiger partial charge >= 0.3 is 0 Å². The fourth-order valence-corrected chi connectivity index (χ4v) is 1.94. The molecule has 1 aromatic heterocycles. The fraction of sp³-hybridized carbons (Fsp3) is 0.700. The lowest BCUT2D eigenvalue weighted by atomic mass is 10.1. The number of hydrogen-bond donors (Lipinski definition) is 1. The average Bonchev–Trinajstić information content (AvgIpc) is 2.51. The number of nitrogens with two attached hydrogens (primary N) is 1. The van der Waals surface area contributed by atoms with Crippen LogP contribution in [0.25, 0.3) is 0 Å². The van der Waals surface area contributed by atoms with E-state index in [4.69, 9.17) is 10.3 Å². The second kappa shape index (κ2) is 4.00. The number of hydrogen-bond acceptors (Lipinski definition) is 4. The molecule has 1 aliphatic rings. The van der Waals surface area contributed by atoms with E-state index in [1.165, 1.54) is 32.4 Å². The van der Waals surface area contributed by atoms with Gasteiger partial charge in [-0.15, -0.1) is 0 Å². The molecule has 0 saturated carbocycles. The highest BCUT2D eigenvalue weighted by atomic mass is 16.5. The Labute approximate surface area is 84.0 Å². The van der Waals surface area contributed by atoms with Gasteiger partial charge in [-0.05, 0) is 32.9 Å². The first-order chi connectivity index (χ1) is 6.77. The molecule has 0 aromatic carbocycles. The Morgan fingerprint density at radius 3 is 2.64 bits per heavy atom. The summed E-state index contributed by atoms with van der Waals surface area (Å²) < 4.78 is 4.94. The third kappa shape index (κ3) is 1.90. The van der Waals surface area contributed by atoms with Crippen LogP contribution in [0.5, 0.6) is 0 Å². The quantitative estimate of drug-likeness (QED) is 0.778. The molecule has 2 N–H and O–H groups in total. The van der Waals surface area contributed by atoms with Crippen LogP contribution in [-0.2, 0) is 6.54 Å². The van der Waals surface area contributed by atoms with Crippen molar-refractivity contribution in [3.05, 3.63) is 11.3 Å². The second-order valence-corrected chi connectivity index (χ2v) is 3.95. The predicted molar refractivity (Wildman–Crippen MR) is 54.8 cm³/mol. The van der Waals surface area contributed by atoms with Crippen molar-refractivity contribution in [2.75, 3.05) is 18.8 Å². The van der Waals surface area contributed by atoms with Crippen LogP contribution in [0.15, 0.2) is 4.52 Å². The van der Waals surface area contributed by atoms with Crippen LogP contribution in [0.2, 0.25) is 0 Å². The molecule has 0 bridgehead atoms. The zero-order valence-corrected chi connectivity index (χ0v) is 8.62. The number of aryl methyl sites for hydroxylation is 1. The summed E-state index contributed by atoms with van der Waals surface area (Å²) in [6.07, 6.45) is 3.95. The average molecular weight is 195 g/mol. The molecule has 78 valence electrons. The van der Waals surface area contributed by atoms with Crippen molar-refractivity contribution < 1.29 is 4.52 Å². The van der Waals surface area contributed by atoms with E-state index in [2.05, 4.69) is 10.1 Å². The van der Waals surface area contributed by atoms with E-state index in [1.54, 1.807) is 0 Å². The molecule has 0 aliphatic carbocycles. The number of nitrogen functional groups attached to an aromatic ring is 1. The first-order valence-corrected chi connectivity index (χ1v) is 5.20. The standard InChI is InChI=1S/C10H17N3O/c1-8-9(10(11)14-12-8)7-13-5-3-2-4-6-13/h2-7,11H2,1H3. The fourth-order valence-electron chi connectivity index (χ4n) is 1.94. The molecule has 1 fully saturated rings. The lowest BCUT2D eigenvalue weighted by Gasteiger charge is -2.25. The van der Waals surface area contributed by atoms with Crippen LogP contribution >= 0.6 is 0 Å². The maximum absolute atomic E-state index is 5.70. The highest BCUT2D eigenvalue weighted by molar-refractivity contribution is 5.38. The molecule has 0 atom stereocenters. The van der Waals surface area contributed by atoms with Crippen LogP contribution < -0.4 is 5.73 Å². The van der Waals surface area contributed by atoms with E-state index >= 15 is 0 Å². The van der Waals surface area contributed by atoms with Crippen LogP contribution in [0.3, 0.4) is 0 Å². The minimum atomic E-state index is 0.480. The molecule has 0 spiro atoms. The van der Waals surface area contributed by atoms with Gasteiger partial charge in [0.15, 0.2) is 0 Å². The van der Waals surface area contributed by atoms with Crippen molar-refractivity contribution in [3.8, 4) is 0 Å². The van der Waals surface area contributed by atoms with Gasteiger partial charge < -0.3 is 10.3 Å². The van der Waals surface area contributed by atoms with Crippen LogP contribution in [0.1, 0.15) is 30.5 Å². The van der Waals surface area contributed by atoms with Crippen molar-refractivity contribution in [1.29, 1.82) is 0 Å². The molecule has 14 heavy (non-hydrogen) atoms. The summed E-state index contributed by atoms with van der Waals surface area (Å²) in [6, 6.07) is 0. The van der Waals surface area contributed by atoms with Gasteiger partial charge in [0.25, 0.3) is 0 Å². The van der Waals surface area contributed by atoms with Crippen LogP contribution in [-0.4, -0.2) is 23.1 Å². The smallest absolute Gasteiger partial charge is 0.226 e. The molecule has 2 heterocycles. The third-order valence-electron chi connectivity index (χ3n) is 2.85. The van der Waals surface area contributed by atoms with Crippen molar-refractivity contribution in [1.82, 2.24) is 10.1 Å². The number of nitrogens with zero attached hydrogens (tertiary/aromatic N) is 2. The highest BCUT2D eigenvalue weighted by Gasteiger charge is 2.16. The minimum Gasteiger partial charge on any atom is -0.367 e. The zero-order chi connectivity index (χ0) is 9.97. The summed E-state index contributed by atoms with van der Waals surface area (Å²) in [6.45, 7) is 5.18. The maximum atomic E-state index is 5.70. The van der Waals surface area contributed by atoms with E-state index in [0.29, 0.717) is 5.88 Å². The van der Waals surface area contributed by atoms with Gasteiger partial charge in [-0.3, -0.25) is 4.90 Å². The summed E-state index contributed by atoms with van der Waals surface area (Å²) in [4.78, 5) is 2.42. The third-order valence-corrected chi connectivity index (χ3v) is 2.85. The second-order valence-electron chi connectivity index (χ2n) is 3.95. The number of likely N-dealkylation sites (tertiary alicyclic amines) is 1. The van der Waals surface area contributed by atoms with E-state index in [1.807, 2.05) is 6.92 Å². The number of anilines is 1. The largest absolute Gasteiger partial charge is 0.367 e. The van der Waals surface area contributed by atoms with E-state index in [0.717, 1.165) is 17.8 Å². The Bertz CT molecular complexity index is 283. The highest BCUT2D eigenvalue weighted by Crippen LogP contribution is 2.20. The van der Waals surface area contributed by atoms with E-state index < -0.39 is 0 Å². The molecule has 2 rings (SSSR count). The Balaban J connectivity index is 2.02. The summed E-state index contributed by atoms with van der Waals surface area (Å²) in [5.41, 5.74) is 7.69. The minimum absolute atomic E-state index is 0.480. The first-order valence-electron chi connectivity index (χ1n) is 5.20. The molecule has 0 amide bonds. The van der Waals surface area contributed by atoms with Crippen LogP contribution in [0, 0.1) is 6.92 Å².